The highest BCUT2D eigenvalue weighted by Gasteiger charge is 2.25. The summed E-state index contributed by atoms with van der Waals surface area (Å²) in [6.45, 7) is 1.35. The molecule has 1 unspecified atom stereocenters. The van der Waals surface area contributed by atoms with Crippen LogP contribution in [0.25, 0.3) is 10.9 Å². The van der Waals surface area contributed by atoms with Crippen LogP contribution < -0.4 is 16.0 Å². The van der Waals surface area contributed by atoms with Crippen LogP contribution in [0, 0.1) is 10.1 Å². The number of carbonyl (C=O) groups excluding carboxylic acids is 1. The Balaban J connectivity index is 2.03. The van der Waals surface area contributed by atoms with Crippen LogP contribution in [0.3, 0.4) is 0 Å². The van der Waals surface area contributed by atoms with Crippen LogP contribution in [0.1, 0.15) is 12.5 Å². The molecule has 0 bridgehead atoms. The van der Waals surface area contributed by atoms with E-state index in [0.29, 0.717) is 10.2 Å². The Hall–Kier alpha value is -3.99. The maximum atomic E-state index is 12.5. The number of methoxy groups -OCH3 is 1. The fraction of sp³-hybridized carbons (Fsp3) is 0.158. The van der Waals surface area contributed by atoms with Gasteiger partial charge in [0.2, 0.25) is 5.75 Å². The lowest BCUT2D eigenvalue weighted by atomic mass is 10.2. The number of carbonyl (C=O) groups is 1. The van der Waals surface area contributed by atoms with Crippen molar-refractivity contribution in [3.05, 3.63) is 77.9 Å². The van der Waals surface area contributed by atoms with Gasteiger partial charge in [-0.05, 0) is 25.1 Å². The predicted octanol–water partition coefficient (Wildman–Crippen LogP) is 2.07. The van der Waals surface area contributed by atoms with Crippen LogP contribution in [0.5, 0.6) is 5.75 Å². The molecular weight excluding hydrogens is 432 g/mol. The molecule has 1 aromatic heterocycles. The van der Waals surface area contributed by atoms with E-state index in [1.807, 2.05) is 0 Å². The highest BCUT2D eigenvalue weighted by molar-refractivity contribution is 6.32. The van der Waals surface area contributed by atoms with Gasteiger partial charge in [-0.15, -0.1) is 4.68 Å². The minimum atomic E-state index is -1.14. The second-order valence-electron chi connectivity index (χ2n) is 6.23. The number of rotatable bonds is 6. The van der Waals surface area contributed by atoms with Crippen molar-refractivity contribution < 1.29 is 19.2 Å². The highest BCUT2D eigenvalue weighted by Crippen LogP contribution is 2.36. The molecule has 0 saturated carbocycles. The molecule has 0 aliphatic carbocycles. The maximum absolute atomic E-state index is 12.5. The molecule has 11 nitrogen and oxygen atoms in total. The number of fused-ring (bicyclic) bond motifs is 1. The smallest absolute Gasteiger partial charge is 0.349 e. The summed E-state index contributed by atoms with van der Waals surface area (Å²) in [4.78, 5) is 49.5. The summed E-state index contributed by atoms with van der Waals surface area (Å²) in [7, 11) is 1.15. The van der Waals surface area contributed by atoms with Crippen molar-refractivity contribution in [1.29, 1.82) is 0 Å². The van der Waals surface area contributed by atoms with Crippen LogP contribution in [0.2, 0.25) is 5.02 Å². The van der Waals surface area contributed by atoms with Crippen molar-refractivity contribution in [2.45, 2.75) is 13.0 Å². The second-order valence-corrected chi connectivity index (χ2v) is 6.64. The van der Waals surface area contributed by atoms with Crippen molar-refractivity contribution in [1.82, 2.24) is 9.66 Å². The maximum Gasteiger partial charge on any atom is 0.349 e. The van der Waals surface area contributed by atoms with E-state index < -0.39 is 33.9 Å². The Labute approximate surface area is 178 Å². The van der Waals surface area contributed by atoms with Crippen LogP contribution in [0.4, 0.5) is 5.69 Å². The number of para-hydroxylation sites is 1. The zero-order valence-electron chi connectivity index (χ0n) is 16.2. The topological polar surface area (TPSA) is 146 Å². The first kappa shape index (κ1) is 21.7. The zero-order valence-corrected chi connectivity index (χ0v) is 17.0. The average molecular weight is 447 g/mol. The quantitative estimate of drug-likeness (QED) is 0.264. The van der Waals surface area contributed by atoms with Gasteiger partial charge in [-0.1, -0.05) is 23.7 Å². The lowest BCUT2D eigenvalue weighted by molar-refractivity contribution is -0.386. The molecule has 1 N–H and O–H groups in total. The standard InChI is InChI=1S/C19H15ClN4O7/c1-10(18(26)30-2)31-16-13(20)7-11(8-15(16)24(28)29)9-21-23-17(25)12-5-3-4-6-14(12)22-19(23)27/h3-10H,1-2H3,(H,22,27). The summed E-state index contributed by atoms with van der Waals surface area (Å²) in [6, 6.07) is 8.75. The van der Waals surface area contributed by atoms with Crippen molar-refractivity contribution in [2.75, 3.05) is 7.11 Å². The van der Waals surface area contributed by atoms with E-state index in [0.717, 1.165) is 19.4 Å². The summed E-state index contributed by atoms with van der Waals surface area (Å²) in [5, 5.41) is 15.4. The van der Waals surface area contributed by atoms with Gasteiger partial charge in [-0.3, -0.25) is 14.9 Å². The molecule has 0 fully saturated rings. The van der Waals surface area contributed by atoms with E-state index >= 15 is 0 Å². The number of hydrogen-bond acceptors (Lipinski definition) is 8. The number of aromatic nitrogens is 2. The third-order valence-corrected chi connectivity index (χ3v) is 4.46. The monoisotopic (exact) mass is 446 g/mol. The average Bonchev–Trinajstić information content (AvgIpc) is 2.74. The number of hydrogen-bond donors (Lipinski definition) is 1. The molecule has 3 rings (SSSR count). The van der Waals surface area contributed by atoms with E-state index in [4.69, 9.17) is 16.3 Å². The van der Waals surface area contributed by atoms with Gasteiger partial charge in [0.1, 0.15) is 0 Å². The van der Waals surface area contributed by atoms with Gasteiger partial charge in [0.25, 0.3) is 5.56 Å². The molecular formula is C19H15ClN4O7. The van der Waals surface area contributed by atoms with Crippen molar-refractivity contribution in [2.24, 2.45) is 5.10 Å². The summed E-state index contributed by atoms with van der Waals surface area (Å²) >= 11 is 6.11. The molecule has 1 heterocycles. The molecule has 0 aliphatic rings. The zero-order chi connectivity index (χ0) is 22.7. The lowest BCUT2D eigenvalue weighted by Gasteiger charge is -2.14. The number of aromatic amines is 1. The molecule has 12 heteroatoms. The number of nitro benzene ring substituents is 1. The number of benzene rings is 2. The van der Waals surface area contributed by atoms with Crippen LogP contribution >= 0.6 is 11.6 Å². The first-order valence-electron chi connectivity index (χ1n) is 8.73. The van der Waals surface area contributed by atoms with E-state index in [-0.39, 0.29) is 21.7 Å². The number of nitro groups is 1. The van der Waals surface area contributed by atoms with Gasteiger partial charge < -0.3 is 14.5 Å². The minimum Gasteiger partial charge on any atom is -0.471 e. The Morgan fingerprint density at radius 3 is 2.71 bits per heavy atom. The van der Waals surface area contributed by atoms with E-state index in [2.05, 4.69) is 14.8 Å². The summed E-state index contributed by atoms with van der Waals surface area (Å²) < 4.78 is 10.4. The third kappa shape index (κ3) is 4.46. The largest absolute Gasteiger partial charge is 0.471 e. The van der Waals surface area contributed by atoms with Gasteiger partial charge >= 0.3 is 17.3 Å². The summed E-state index contributed by atoms with van der Waals surface area (Å²) in [5.41, 5.74) is -1.52. The van der Waals surface area contributed by atoms with Crippen molar-refractivity contribution >= 4 is 40.4 Å². The van der Waals surface area contributed by atoms with Gasteiger partial charge in [0.15, 0.2) is 6.10 Å². The first-order valence-corrected chi connectivity index (χ1v) is 9.11. The lowest BCUT2D eigenvalue weighted by Crippen LogP contribution is -2.32. The minimum absolute atomic E-state index is 0.120. The van der Waals surface area contributed by atoms with Gasteiger partial charge in [-0.2, -0.15) is 5.10 Å². The van der Waals surface area contributed by atoms with E-state index in [9.17, 15) is 24.5 Å². The molecule has 31 heavy (non-hydrogen) atoms. The Kier molecular flexibility index (Phi) is 6.16. The van der Waals surface area contributed by atoms with Crippen LogP contribution in [-0.4, -0.2) is 40.0 Å². The molecule has 0 saturated heterocycles. The molecule has 2 aromatic carbocycles. The first-order chi connectivity index (χ1) is 14.7. The van der Waals surface area contributed by atoms with Crippen molar-refractivity contribution in [3.63, 3.8) is 0 Å². The number of nitrogens with zero attached hydrogens (tertiary/aromatic N) is 3. The van der Waals surface area contributed by atoms with Gasteiger partial charge in [0, 0.05) is 11.6 Å². The Morgan fingerprint density at radius 2 is 2.03 bits per heavy atom. The number of halogens is 1. The number of H-pyrrole nitrogens is 1. The highest BCUT2D eigenvalue weighted by atomic mass is 35.5. The number of ether oxygens (including phenoxy) is 2. The van der Waals surface area contributed by atoms with E-state index in [1.54, 1.807) is 18.2 Å². The second kappa shape index (κ2) is 8.79. The number of esters is 1. The third-order valence-electron chi connectivity index (χ3n) is 4.18. The summed E-state index contributed by atoms with van der Waals surface area (Å²) in [6.07, 6.45) is -0.0758. The van der Waals surface area contributed by atoms with Gasteiger partial charge in [0.05, 0.1) is 34.2 Å². The Morgan fingerprint density at radius 1 is 1.32 bits per heavy atom. The predicted molar refractivity (Wildman–Crippen MR) is 112 cm³/mol. The van der Waals surface area contributed by atoms with E-state index in [1.165, 1.54) is 19.1 Å². The van der Waals surface area contributed by atoms with Crippen LogP contribution in [0.15, 0.2) is 51.1 Å². The van der Waals surface area contributed by atoms with Gasteiger partial charge in [-0.25, -0.2) is 9.59 Å². The molecule has 3 aromatic rings. The number of nitrogens with one attached hydrogen (secondary N) is 1. The SMILES string of the molecule is COC(=O)C(C)Oc1c(Cl)cc(C=Nn2c(=O)[nH]c3ccccc3c2=O)cc1[N+](=O)[O-]. The Bertz CT molecular complexity index is 1330. The fourth-order valence-electron chi connectivity index (χ4n) is 2.70. The molecule has 0 amide bonds. The molecule has 0 radical (unpaired) electrons. The molecule has 160 valence electrons. The molecule has 1 atom stereocenters. The normalized spacial score (nSPS) is 12.1. The van der Waals surface area contributed by atoms with Crippen molar-refractivity contribution in [3.8, 4) is 5.75 Å². The molecule has 0 spiro atoms. The van der Waals surface area contributed by atoms with Crippen LogP contribution in [-0.2, 0) is 9.53 Å². The summed E-state index contributed by atoms with van der Waals surface area (Å²) in [5.74, 6) is -1.08. The molecule has 0 aliphatic heterocycles. The fourth-order valence-corrected chi connectivity index (χ4v) is 2.97.